The number of aromatic nitrogens is 1. The van der Waals surface area contributed by atoms with Crippen molar-refractivity contribution < 1.29 is 0 Å². The first kappa shape index (κ1) is 8.53. The summed E-state index contributed by atoms with van der Waals surface area (Å²) in [6.07, 6.45) is 2.00. The van der Waals surface area contributed by atoms with Crippen LogP contribution in [0.5, 0.6) is 0 Å². The van der Waals surface area contributed by atoms with E-state index < -0.39 is 0 Å². The fourth-order valence-corrected chi connectivity index (χ4v) is 1.28. The summed E-state index contributed by atoms with van der Waals surface area (Å²) < 4.78 is 2.06. The van der Waals surface area contributed by atoms with Crippen molar-refractivity contribution in [2.45, 2.75) is 11.9 Å². The van der Waals surface area contributed by atoms with Crippen molar-refractivity contribution in [2.75, 3.05) is 7.05 Å². The Kier molecular flexibility index (Phi) is 2.88. The fraction of sp³-hybridized carbons (Fsp3) is 0.375. The van der Waals surface area contributed by atoms with Crippen molar-refractivity contribution in [3.8, 4) is 0 Å². The number of halogens is 1. The highest BCUT2D eigenvalue weighted by atomic mass is 79.9. The molecule has 0 bridgehead atoms. The van der Waals surface area contributed by atoms with E-state index in [2.05, 4.69) is 32.4 Å². The summed E-state index contributed by atoms with van der Waals surface area (Å²) >= 11 is 3.48. The molecule has 0 fully saturated rings. The van der Waals surface area contributed by atoms with Crippen LogP contribution in [0.25, 0.3) is 0 Å². The summed E-state index contributed by atoms with van der Waals surface area (Å²) in [6.45, 7) is 2.06. The van der Waals surface area contributed by atoms with Crippen molar-refractivity contribution in [1.82, 2.24) is 4.57 Å². The van der Waals surface area contributed by atoms with Crippen LogP contribution in [0, 0.1) is 0 Å². The number of hydrogen-bond acceptors (Lipinski definition) is 1. The second-order valence-electron chi connectivity index (χ2n) is 2.26. The fourth-order valence-electron chi connectivity index (χ4n) is 0.937. The Morgan fingerprint density at radius 1 is 1.55 bits per heavy atom. The topological polar surface area (TPSA) is 17.3 Å². The molecule has 1 heterocycles. The summed E-state index contributed by atoms with van der Waals surface area (Å²) in [5, 5.41) is 0. The zero-order valence-corrected chi connectivity index (χ0v) is 8.25. The van der Waals surface area contributed by atoms with Gasteiger partial charge in [0.1, 0.15) is 5.49 Å². The molecule has 2 nitrogen and oxygen atoms in total. The highest BCUT2D eigenvalue weighted by Gasteiger charge is 1.96. The lowest BCUT2D eigenvalue weighted by atomic mass is 10.4. The molecule has 0 saturated carbocycles. The van der Waals surface area contributed by atoms with Crippen molar-refractivity contribution in [2.24, 2.45) is 4.99 Å². The monoisotopic (exact) mass is 214 g/mol. The molecule has 1 rings (SSSR count). The van der Waals surface area contributed by atoms with E-state index in [0.717, 1.165) is 5.49 Å². The molecule has 0 aromatic carbocycles. The molecule has 0 saturated heterocycles. The molecule has 60 valence electrons. The van der Waals surface area contributed by atoms with Gasteiger partial charge in [0, 0.05) is 13.2 Å². The SMILES string of the molecule is C/N=c1/ccccn1C(C)Br. The summed E-state index contributed by atoms with van der Waals surface area (Å²) in [5.74, 6) is 0. The molecule has 0 spiro atoms. The van der Waals surface area contributed by atoms with Crippen LogP contribution < -0.4 is 5.49 Å². The Morgan fingerprint density at radius 3 is 2.73 bits per heavy atom. The van der Waals surface area contributed by atoms with Crippen LogP contribution in [0.15, 0.2) is 29.4 Å². The maximum absolute atomic E-state index is 4.12. The van der Waals surface area contributed by atoms with Crippen molar-refractivity contribution >= 4 is 15.9 Å². The first-order valence-corrected chi connectivity index (χ1v) is 4.41. The molecule has 0 aliphatic rings. The normalized spacial score (nSPS) is 15.0. The summed E-state index contributed by atoms with van der Waals surface area (Å²) in [6, 6.07) is 5.96. The second-order valence-corrected chi connectivity index (χ2v) is 3.59. The molecule has 1 aromatic heterocycles. The maximum Gasteiger partial charge on any atom is 0.128 e. The van der Waals surface area contributed by atoms with Gasteiger partial charge in [-0.3, -0.25) is 4.99 Å². The van der Waals surface area contributed by atoms with Gasteiger partial charge in [0.25, 0.3) is 0 Å². The Balaban J connectivity index is 3.25. The Morgan fingerprint density at radius 2 is 2.27 bits per heavy atom. The lowest BCUT2D eigenvalue weighted by Gasteiger charge is -2.08. The van der Waals surface area contributed by atoms with Crippen LogP contribution >= 0.6 is 15.9 Å². The lowest BCUT2D eigenvalue weighted by Crippen LogP contribution is -2.19. The second kappa shape index (κ2) is 3.72. The zero-order chi connectivity index (χ0) is 8.27. The minimum absolute atomic E-state index is 0.294. The van der Waals surface area contributed by atoms with Crippen LogP contribution in [-0.4, -0.2) is 11.6 Å². The number of rotatable bonds is 1. The molecule has 1 unspecified atom stereocenters. The third-order valence-corrected chi connectivity index (χ3v) is 1.92. The first-order chi connectivity index (χ1) is 5.25. The maximum atomic E-state index is 4.12. The summed E-state index contributed by atoms with van der Waals surface area (Å²) in [4.78, 5) is 4.42. The van der Waals surface area contributed by atoms with Gasteiger partial charge in [-0.15, -0.1) is 0 Å². The molecule has 1 atom stereocenters. The molecule has 11 heavy (non-hydrogen) atoms. The van der Waals surface area contributed by atoms with Gasteiger partial charge in [-0.05, 0) is 19.1 Å². The average Bonchev–Trinajstić information content (AvgIpc) is 2.04. The van der Waals surface area contributed by atoms with Crippen molar-refractivity contribution in [3.63, 3.8) is 0 Å². The van der Waals surface area contributed by atoms with E-state index in [4.69, 9.17) is 0 Å². The van der Waals surface area contributed by atoms with E-state index in [-0.39, 0.29) is 0 Å². The molecule has 0 amide bonds. The van der Waals surface area contributed by atoms with Gasteiger partial charge in [0.2, 0.25) is 0 Å². The predicted octanol–water partition coefficient (Wildman–Crippen LogP) is 1.93. The van der Waals surface area contributed by atoms with Gasteiger partial charge in [-0.1, -0.05) is 22.0 Å². The van der Waals surface area contributed by atoms with Gasteiger partial charge in [0.05, 0.1) is 4.95 Å². The molecule has 1 aromatic rings. The van der Waals surface area contributed by atoms with Crippen molar-refractivity contribution in [1.29, 1.82) is 0 Å². The third kappa shape index (κ3) is 1.93. The molecule has 0 radical (unpaired) electrons. The number of pyridine rings is 1. The minimum atomic E-state index is 0.294. The molecule has 0 aliphatic carbocycles. The van der Waals surface area contributed by atoms with Gasteiger partial charge < -0.3 is 4.57 Å². The highest BCUT2D eigenvalue weighted by molar-refractivity contribution is 9.09. The van der Waals surface area contributed by atoms with E-state index in [1.807, 2.05) is 24.4 Å². The molecular weight excluding hydrogens is 204 g/mol. The van der Waals surface area contributed by atoms with E-state index in [9.17, 15) is 0 Å². The van der Waals surface area contributed by atoms with E-state index in [0.29, 0.717) is 4.95 Å². The number of hydrogen-bond donors (Lipinski definition) is 0. The number of nitrogens with zero attached hydrogens (tertiary/aromatic N) is 2. The first-order valence-electron chi connectivity index (χ1n) is 3.50. The zero-order valence-electron chi connectivity index (χ0n) is 6.66. The largest absolute Gasteiger partial charge is 0.321 e. The standard InChI is InChI=1S/C8H11BrN2/c1-7(9)11-6-4-3-5-8(11)10-2/h3-7H,1-2H3/b10-8-. The third-order valence-electron chi connectivity index (χ3n) is 1.48. The van der Waals surface area contributed by atoms with E-state index in [1.165, 1.54) is 0 Å². The number of alkyl halides is 1. The molecular formula is C8H11BrN2. The quantitative estimate of drug-likeness (QED) is 0.637. The van der Waals surface area contributed by atoms with Crippen LogP contribution in [0.3, 0.4) is 0 Å². The highest BCUT2D eigenvalue weighted by Crippen LogP contribution is 2.08. The molecule has 3 heteroatoms. The van der Waals surface area contributed by atoms with Gasteiger partial charge in [0.15, 0.2) is 0 Å². The Hall–Kier alpha value is -0.570. The van der Waals surface area contributed by atoms with E-state index in [1.54, 1.807) is 7.05 Å². The Labute approximate surface area is 74.7 Å². The van der Waals surface area contributed by atoms with Crippen LogP contribution in [0.2, 0.25) is 0 Å². The van der Waals surface area contributed by atoms with Crippen LogP contribution in [-0.2, 0) is 0 Å². The molecule has 0 aliphatic heterocycles. The smallest absolute Gasteiger partial charge is 0.128 e. The molecule has 0 N–H and O–H groups in total. The predicted molar refractivity (Wildman–Crippen MR) is 49.6 cm³/mol. The summed E-state index contributed by atoms with van der Waals surface area (Å²) in [7, 11) is 1.79. The van der Waals surface area contributed by atoms with Gasteiger partial charge in [-0.25, -0.2) is 0 Å². The van der Waals surface area contributed by atoms with Crippen LogP contribution in [0.1, 0.15) is 11.9 Å². The minimum Gasteiger partial charge on any atom is -0.321 e. The lowest BCUT2D eigenvalue weighted by molar-refractivity contribution is 0.701. The van der Waals surface area contributed by atoms with E-state index >= 15 is 0 Å². The summed E-state index contributed by atoms with van der Waals surface area (Å²) in [5.41, 5.74) is 0.983. The van der Waals surface area contributed by atoms with Crippen molar-refractivity contribution in [3.05, 3.63) is 29.9 Å². The van der Waals surface area contributed by atoms with Crippen LogP contribution in [0.4, 0.5) is 0 Å². The van der Waals surface area contributed by atoms with Gasteiger partial charge >= 0.3 is 0 Å². The average molecular weight is 215 g/mol. The van der Waals surface area contributed by atoms with Gasteiger partial charge in [-0.2, -0.15) is 0 Å². The Bertz CT molecular complexity index is 288.